The van der Waals surface area contributed by atoms with Gasteiger partial charge in [-0.05, 0) is 18.6 Å². The third-order valence-electron chi connectivity index (χ3n) is 1.32. The molecule has 0 fully saturated rings. The highest BCUT2D eigenvalue weighted by molar-refractivity contribution is 5.26. The van der Waals surface area contributed by atoms with E-state index in [1.165, 1.54) is 0 Å². The molecule has 1 heterocycles. The zero-order chi connectivity index (χ0) is 9.40. The van der Waals surface area contributed by atoms with E-state index in [4.69, 9.17) is 5.26 Å². The van der Waals surface area contributed by atoms with Gasteiger partial charge in [0.25, 0.3) is 0 Å². The van der Waals surface area contributed by atoms with Gasteiger partial charge in [0.15, 0.2) is 0 Å². The van der Waals surface area contributed by atoms with Crippen LogP contribution in [0.4, 0.5) is 0 Å². The van der Waals surface area contributed by atoms with Crippen LogP contribution in [0.3, 0.4) is 0 Å². The molecule has 0 aromatic carbocycles. The van der Waals surface area contributed by atoms with Gasteiger partial charge in [-0.2, -0.15) is 5.26 Å². The van der Waals surface area contributed by atoms with E-state index < -0.39 is 0 Å². The molecular weight excluding hydrogens is 148 g/mol. The van der Waals surface area contributed by atoms with E-state index >= 15 is 0 Å². The fraction of sp³-hybridized carbons (Fsp3) is 0.400. The summed E-state index contributed by atoms with van der Waals surface area (Å²) in [5.74, 6) is 0. The first-order valence-corrected chi connectivity index (χ1v) is 4.22. The maximum Gasteiger partial charge on any atom is 0.101 e. The normalized spacial score (nSPS) is 7.83. The highest BCUT2D eigenvalue weighted by Crippen LogP contribution is 1.98. The summed E-state index contributed by atoms with van der Waals surface area (Å²) in [5, 5.41) is 8.41. The maximum absolute atomic E-state index is 8.41. The molecule has 0 unspecified atom stereocenters. The van der Waals surface area contributed by atoms with E-state index in [9.17, 15) is 0 Å². The predicted octanol–water partition coefficient (Wildman–Crippen LogP) is 2.54. The summed E-state index contributed by atoms with van der Waals surface area (Å²) in [7, 11) is 0. The van der Waals surface area contributed by atoms with E-state index in [0.717, 1.165) is 12.1 Å². The monoisotopic (exact) mass is 162 g/mol. The molecule has 0 amide bonds. The standard InChI is InChI=1S/C8H8N2.C2H6/c1-2-8-4-3-7(5-9)6-10-8;1-2/h3-4,6H,2H2,1H3;1-2H3. The van der Waals surface area contributed by atoms with Gasteiger partial charge in [-0.25, -0.2) is 0 Å². The predicted molar refractivity (Wildman–Crippen MR) is 49.7 cm³/mol. The second-order valence-electron chi connectivity index (χ2n) is 2.00. The summed E-state index contributed by atoms with van der Waals surface area (Å²) in [5.41, 5.74) is 1.65. The molecule has 2 nitrogen and oxygen atoms in total. The Hall–Kier alpha value is -1.36. The Bertz CT molecular complexity index is 244. The highest BCUT2D eigenvalue weighted by Gasteiger charge is 1.90. The molecule has 2 heteroatoms. The number of nitrogens with zero attached hydrogens (tertiary/aromatic N) is 2. The summed E-state index contributed by atoms with van der Waals surface area (Å²) in [6.07, 6.45) is 2.52. The van der Waals surface area contributed by atoms with Gasteiger partial charge >= 0.3 is 0 Å². The van der Waals surface area contributed by atoms with Crippen LogP contribution in [0.5, 0.6) is 0 Å². The van der Waals surface area contributed by atoms with E-state index in [2.05, 4.69) is 4.98 Å². The van der Waals surface area contributed by atoms with Crippen LogP contribution < -0.4 is 0 Å². The highest BCUT2D eigenvalue weighted by atomic mass is 14.7. The molecular formula is C10H14N2. The summed E-state index contributed by atoms with van der Waals surface area (Å²) in [6.45, 7) is 6.04. The van der Waals surface area contributed by atoms with Crippen LogP contribution in [0, 0.1) is 11.3 Å². The third-order valence-corrected chi connectivity index (χ3v) is 1.32. The lowest BCUT2D eigenvalue weighted by Gasteiger charge is -1.92. The topological polar surface area (TPSA) is 36.7 Å². The lowest BCUT2D eigenvalue weighted by molar-refractivity contribution is 1.03. The molecule has 0 aliphatic carbocycles. The Morgan fingerprint density at radius 3 is 2.42 bits per heavy atom. The molecule has 0 N–H and O–H groups in total. The number of nitriles is 1. The molecule has 0 aliphatic heterocycles. The summed E-state index contributed by atoms with van der Waals surface area (Å²) >= 11 is 0. The Labute approximate surface area is 73.9 Å². The summed E-state index contributed by atoms with van der Waals surface area (Å²) in [4.78, 5) is 4.05. The first-order chi connectivity index (χ1) is 5.86. The number of rotatable bonds is 1. The van der Waals surface area contributed by atoms with Crippen LogP contribution in [-0.4, -0.2) is 4.98 Å². The van der Waals surface area contributed by atoms with E-state index in [1.54, 1.807) is 12.3 Å². The van der Waals surface area contributed by atoms with Gasteiger partial charge in [0.05, 0.1) is 5.56 Å². The molecule has 0 saturated carbocycles. The third kappa shape index (κ3) is 3.16. The smallest absolute Gasteiger partial charge is 0.101 e. The SMILES string of the molecule is CC.CCc1ccc(C#N)cn1. The van der Waals surface area contributed by atoms with Crippen molar-refractivity contribution in [1.82, 2.24) is 4.98 Å². The van der Waals surface area contributed by atoms with Crippen molar-refractivity contribution in [2.24, 2.45) is 0 Å². The van der Waals surface area contributed by atoms with E-state index in [0.29, 0.717) is 5.56 Å². The zero-order valence-corrected chi connectivity index (χ0v) is 7.83. The van der Waals surface area contributed by atoms with Crippen molar-refractivity contribution in [3.8, 4) is 6.07 Å². The van der Waals surface area contributed by atoms with Crippen LogP contribution >= 0.6 is 0 Å². The van der Waals surface area contributed by atoms with Crippen molar-refractivity contribution in [2.75, 3.05) is 0 Å². The maximum atomic E-state index is 8.41. The van der Waals surface area contributed by atoms with Gasteiger partial charge in [-0.1, -0.05) is 20.8 Å². The van der Waals surface area contributed by atoms with Gasteiger partial charge in [-0.3, -0.25) is 4.98 Å². The Kier molecular flexibility index (Phi) is 5.64. The summed E-state index contributed by atoms with van der Waals surface area (Å²) < 4.78 is 0. The van der Waals surface area contributed by atoms with Gasteiger partial charge < -0.3 is 0 Å². The van der Waals surface area contributed by atoms with Crippen molar-refractivity contribution < 1.29 is 0 Å². The van der Waals surface area contributed by atoms with Crippen molar-refractivity contribution >= 4 is 0 Å². The fourth-order valence-corrected chi connectivity index (χ4v) is 0.700. The Balaban J connectivity index is 0.000000561. The van der Waals surface area contributed by atoms with E-state index in [1.807, 2.05) is 32.9 Å². The molecule has 64 valence electrons. The number of hydrogen-bond donors (Lipinski definition) is 0. The number of aryl methyl sites for hydroxylation is 1. The second kappa shape index (κ2) is 6.36. The van der Waals surface area contributed by atoms with Gasteiger partial charge in [-0.15, -0.1) is 0 Å². The minimum Gasteiger partial charge on any atom is -0.260 e. The molecule has 12 heavy (non-hydrogen) atoms. The molecule has 1 aromatic rings. The second-order valence-corrected chi connectivity index (χ2v) is 2.00. The molecule has 0 aliphatic rings. The zero-order valence-electron chi connectivity index (χ0n) is 7.83. The minimum absolute atomic E-state index is 0.622. The first-order valence-electron chi connectivity index (χ1n) is 4.22. The molecule has 0 radical (unpaired) electrons. The van der Waals surface area contributed by atoms with Gasteiger partial charge in [0.2, 0.25) is 0 Å². The average molecular weight is 162 g/mol. The van der Waals surface area contributed by atoms with Gasteiger partial charge in [0.1, 0.15) is 6.07 Å². The minimum atomic E-state index is 0.622. The fourth-order valence-electron chi connectivity index (χ4n) is 0.700. The van der Waals surface area contributed by atoms with Crippen molar-refractivity contribution in [2.45, 2.75) is 27.2 Å². The average Bonchev–Trinajstić information content (AvgIpc) is 2.21. The number of hydrogen-bond acceptors (Lipinski definition) is 2. The summed E-state index contributed by atoms with van der Waals surface area (Å²) in [6, 6.07) is 5.67. The van der Waals surface area contributed by atoms with Crippen LogP contribution in [-0.2, 0) is 6.42 Å². The molecule has 1 rings (SSSR count). The van der Waals surface area contributed by atoms with Crippen LogP contribution in [0.2, 0.25) is 0 Å². The first kappa shape index (κ1) is 10.6. The van der Waals surface area contributed by atoms with Crippen LogP contribution in [0.15, 0.2) is 18.3 Å². The van der Waals surface area contributed by atoms with E-state index in [-0.39, 0.29) is 0 Å². The number of aromatic nitrogens is 1. The van der Waals surface area contributed by atoms with Crippen LogP contribution in [0.25, 0.3) is 0 Å². The number of pyridine rings is 1. The molecule has 0 spiro atoms. The van der Waals surface area contributed by atoms with Crippen LogP contribution in [0.1, 0.15) is 32.0 Å². The molecule has 1 aromatic heterocycles. The quantitative estimate of drug-likeness (QED) is 0.636. The molecule has 0 atom stereocenters. The van der Waals surface area contributed by atoms with Gasteiger partial charge in [0, 0.05) is 11.9 Å². The van der Waals surface area contributed by atoms with Crippen molar-refractivity contribution in [3.05, 3.63) is 29.6 Å². The Morgan fingerprint density at radius 1 is 1.42 bits per heavy atom. The molecule has 0 bridgehead atoms. The largest absolute Gasteiger partial charge is 0.260 e. The van der Waals surface area contributed by atoms with Crippen molar-refractivity contribution in [3.63, 3.8) is 0 Å². The lowest BCUT2D eigenvalue weighted by atomic mass is 10.2. The molecule has 0 saturated heterocycles. The van der Waals surface area contributed by atoms with Crippen molar-refractivity contribution in [1.29, 1.82) is 5.26 Å². The Morgan fingerprint density at radius 2 is 2.08 bits per heavy atom. The lowest BCUT2D eigenvalue weighted by Crippen LogP contribution is -1.85.